The average Bonchev–Trinajstić information content (AvgIpc) is 1.56. The smallest absolute Gasteiger partial charge is 0.0134 e. The van der Waals surface area contributed by atoms with E-state index in [4.69, 9.17) is 49.3 Å². The van der Waals surface area contributed by atoms with Gasteiger partial charge >= 0.3 is 54.2 Å². The summed E-state index contributed by atoms with van der Waals surface area (Å²) in [7, 11) is 16.0. The molecular weight excluding hydrogens is 1770 g/mol. The maximum absolute atomic E-state index is 11.6. The van der Waals surface area contributed by atoms with Gasteiger partial charge in [0.2, 0.25) is 0 Å². The number of halogens is 3. The molecule has 24 heteroatoms. The monoisotopic (exact) mass is 1890 g/mol. The predicted molar refractivity (Wildman–Crippen MR) is 517 cm³/mol. The number of alkyl carbamates (subject to hydrolysis) is 1. The molecule has 14 aromatic rings. The van der Waals surface area contributed by atoms with E-state index in [1.165, 1.54) is 43.0 Å². The largest absolute Gasteiger partial charge is 0.0622 e. The Morgan fingerprint density at radius 3 is 0.959 bits per heavy atom. The summed E-state index contributed by atoms with van der Waals surface area (Å²) >= 11 is 3.27. The number of rotatable bonds is 17. The Balaban J connectivity index is 0.000000221. The fourth-order valence-electron chi connectivity index (χ4n) is 11.9. The summed E-state index contributed by atoms with van der Waals surface area (Å²) in [6.45, 7) is 21.0. The van der Waals surface area contributed by atoms with Crippen LogP contribution in [0.2, 0.25) is 0 Å². The molecule has 0 radical (unpaired) electrons. The van der Waals surface area contributed by atoms with Gasteiger partial charge in [-0.2, -0.15) is 20.4 Å². The van der Waals surface area contributed by atoms with Crippen molar-refractivity contribution < 1.29 is 44.3 Å². The average molecular weight is 1890 g/mol. The Bertz CT molecular complexity index is 4900. The van der Waals surface area contributed by atoms with Crippen molar-refractivity contribution in [2.75, 3.05) is 0 Å². The van der Waals surface area contributed by atoms with Crippen molar-refractivity contribution in [3.8, 4) is 33.4 Å². The molecule has 10 aromatic carbocycles. The van der Waals surface area contributed by atoms with Crippen LogP contribution in [-0.2, 0) is 93.8 Å². The van der Waals surface area contributed by atoms with Gasteiger partial charge in [-0.25, -0.2) is 4.79 Å². The molecule has 5 heterocycles. The number of esters is 1. The minimum Gasteiger partial charge on any atom is -0.0622 e. The number of nitrogens with two attached hydrogens (primary N) is 2. The number of carbonyl (C=O) groups excluding carboxylic acids is 2. The number of nitrogens with one attached hydrogen (secondary N) is 1. The molecule has 0 spiro atoms. The first-order chi connectivity index (χ1) is 57.9. The first-order valence-electron chi connectivity index (χ1n) is 39.6. The maximum Gasteiger partial charge on any atom is -0.0134 e. The van der Waals surface area contributed by atoms with Gasteiger partial charge in [-0.15, -0.1) is 0 Å². The number of hydrogen-bond acceptors (Lipinski definition) is 12. The van der Waals surface area contributed by atoms with Gasteiger partial charge in [0, 0.05) is 112 Å². The molecule has 4 aromatic heterocycles. The van der Waals surface area contributed by atoms with Gasteiger partial charge in [0.1, 0.15) is 11.2 Å². The molecule has 1 aliphatic rings. The molecule has 0 saturated carbocycles. The first kappa shape index (κ1) is 102. The molecule has 123 heavy (non-hydrogen) atoms. The maximum atomic E-state index is 11.6. The summed E-state index contributed by atoms with van der Waals surface area (Å²) in [5, 5.41) is 27.7. The second kappa shape index (κ2) is 51.5. The molecule has 1 amide bonds. The molecule has 0 aliphatic carbocycles. The van der Waals surface area contributed by atoms with E-state index in [0.29, 0.717) is 26.1 Å². The Morgan fingerprint density at radius 2 is 0.699 bits per heavy atom. The molecule has 5 N–H and O–H groups in total. The van der Waals surface area contributed by atoms with Gasteiger partial charge in [0.15, 0.2) is 0 Å². The third kappa shape index (κ3) is 35.1. The van der Waals surface area contributed by atoms with Crippen LogP contribution < -0.4 is 54.1 Å². The van der Waals surface area contributed by atoms with E-state index < -0.39 is 33.1 Å². The molecule has 0 bridgehead atoms. The molecule has 0 unspecified atom stereocenters. The quantitative estimate of drug-likeness (QED) is 0.0442. The zero-order chi connectivity index (χ0) is 87.4. The van der Waals surface area contributed by atoms with Crippen LogP contribution in [0.4, 0.5) is 4.79 Å². The Morgan fingerprint density at radius 1 is 0.423 bits per heavy atom. The summed E-state index contributed by atoms with van der Waals surface area (Å²) in [5.41, 5.74) is 21.9. The predicted octanol–water partition coefficient (Wildman–Crippen LogP) is 20.2. The van der Waals surface area contributed by atoms with Gasteiger partial charge in [-0.05, 0) is 174 Å². The fraction of sp³-hybridized carbons (Fsp3) is 0.253. The summed E-state index contributed by atoms with van der Waals surface area (Å²) in [6, 6.07) is 97.1. The zero-order valence-corrected chi connectivity index (χ0v) is 77.8. The van der Waals surface area contributed by atoms with Crippen molar-refractivity contribution >= 4 is 107 Å². The Hall–Kier alpha value is -9.73. The molecule has 15 rings (SSSR count). The second-order valence-corrected chi connectivity index (χ2v) is 38.8. The number of hydrogen-bond donors (Lipinski definition) is 3. The molecule has 0 atom stereocenters. The number of aromatic nitrogens is 8. The van der Waals surface area contributed by atoms with Crippen molar-refractivity contribution in [3.05, 3.63) is 355 Å². The van der Waals surface area contributed by atoms with Crippen LogP contribution in [0.5, 0.6) is 0 Å². The number of ether oxygens (including phenoxy) is 2. The van der Waals surface area contributed by atoms with Gasteiger partial charge in [-0.3, -0.25) is 23.5 Å². The van der Waals surface area contributed by atoms with Crippen molar-refractivity contribution in [3.63, 3.8) is 0 Å². The molecular formula is C99H119BBrCl2N11O6P2Pd. The van der Waals surface area contributed by atoms with E-state index in [1.807, 2.05) is 214 Å². The number of amides is 1. The molecule has 650 valence electrons. The Kier molecular flexibility index (Phi) is 42.7. The third-order valence-corrected chi connectivity index (χ3v) is 24.0. The van der Waals surface area contributed by atoms with E-state index in [1.54, 1.807) is 24.9 Å². The van der Waals surface area contributed by atoms with Gasteiger partial charge in [-0.1, -0.05) is 298 Å². The summed E-state index contributed by atoms with van der Waals surface area (Å²) in [6.07, 6.45) is 16.0. The van der Waals surface area contributed by atoms with E-state index in [0.717, 1.165) is 60.9 Å². The molecule has 1 aliphatic heterocycles. The van der Waals surface area contributed by atoms with Crippen LogP contribution in [0.3, 0.4) is 0 Å². The van der Waals surface area contributed by atoms with E-state index in [9.17, 15) is 9.59 Å². The fourth-order valence-corrected chi connectivity index (χ4v) is 16.7. The topological polar surface area (TPSA) is 206 Å². The van der Waals surface area contributed by atoms with Gasteiger partial charge in [0.05, 0.1) is 29.8 Å². The standard InChI is InChI=1S/2C18H15P.C16H21N3O2.C13H17BrO2.2C11H13N3.C10H17BN2O2.2CH4.2ClH.Pd/c2*1-4-10-16(11-5-1)19(17-12-6-2-7-13-17)18-14-8-3-9-15-18;1-16(2,3)21-15(20)17-9-12-5-7-13(8-6-12)14-10-18-19(4)11-14;1-13(2,3)16-12(15)9-6-10-4-7-11(14)8-5-10;2*1-14-8-11(7-13-14)10-4-2-9(6-12)3-5-10;1-9(2)10(3,4)15-11(14-9)8-6-12-13(5)7-8;;;;;/h2*1-15H;5-8,10-11H,9H2,1-4H3,(H,17,20);4-5,7-8H,6,9H2,1-3H3;2*2-5,7-8H,6,12H2,1H3;6-7H,1-5H3;2*1H4;2*1H;/q;;;;;;;;;;;+2/p-2. The van der Waals surface area contributed by atoms with Crippen molar-refractivity contribution in [2.24, 2.45) is 39.7 Å². The minimum atomic E-state index is -0.478. The van der Waals surface area contributed by atoms with Gasteiger partial charge in [0.25, 0.3) is 0 Å². The molecule has 17 nitrogen and oxygen atoms in total. The Labute approximate surface area is 757 Å². The molecule has 1 saturated heterocycles. The SMILES string of the molecule is C.C.CC(C)(C)OC(=O)CCc1ccc(Br)cc1.Cn1cc(-c2ccc(CN)cc2)cn1.Cn1cc(-c2ccc(CN)cc2)cn1.Cn1cc(-c2ccc(CNC(=O)OC(C)(C)C)cc2)cn1.Cn1cc(B2OC(C)(C)C(C)(C)O2)cn1.[Cl][Pd][Cl].c1ccc(P(c2ccccc2)c2ccccc2)cc1.c1ccc(P(c2ccccc2)c2ccccc2)cc1. The van der Waals surface area contributed by atoms with Crippen LogP contribution in [0.15, 0.2) is 333 Å². The van der Waals surface area contributed by atoms with Crippen molar-refractivity contribution in [2.45, 2.75) is 139 Å². The van der Waals surface area contributed by atoms with E-state index in [2.05, 4.69) is 248 Å². The van der Waals surface area contributed by atoms with E-state index >= 15 is 0 Å². The zero-order valence-electron chi connectivity index (χ0n) is 71.3. The first-order valence-corrected chi connectivity index (χ1v) is 47.0. The van der Waals surface area contributed by atoms with Crippen LogP contribution in [-0.4, -0.2) is 80.7 Å². The van der Waals surface area contributed by atoms with E-state index in [-0.39, 0.29) is 55.1 Å². The summed E-state index contributed by atoms with van der Waals surface area (Å²) in [4.78, 5) is 23.0. The normalized spacial score (nSPS) is 12.1. The second-order valence-electron chi connectivity index (χ2n) is 31.0. The van der Waals surface area contributed by atoms with Gasteiger partial charge < -0.3 is 35.6 Å². The number of carbonyl (C=O) groups is 2. The van der Waals surface area contributed by atoms with Crippen molar-refractivity contribution in [1.29, 1.82) is 0 Å². The minimum absolute atomic E-state index is 0. The van der Waals surface area contributed by atoms with Crippen LogP contribution in [0.25, 0.3) is 33.4 Å². The van der Waals surface area contributed by atoms with Crippen molar-refractivity contribution in [1.82, 2.24) is 44.4 Å². The summed E-state index contributed by atoms with van der Waals surface area (Å²) < 4.78 is 30.4. The number of benzene rings is 10. The summed E-state index contributed by atoms with van der Waals surface area (Å²) in [5.74, 6) is -0.143. The number of aryl methyl sites for hydroxylation is 5. The van der Waals surface area contributed by atoms with Crippen LogP contribution >= 0.6 is 50.8 Å². The van der Waals surface area contributed by atoms with Crippen LogP contribution in [0, 0.1) is 0 Å². The molecule has 1 fully saturated rings. The third-order valence-electron chi connectivity index (χ3n) is 18.6. The van der Waals surface area contributed by atoms with Crippen LogP contribution in [0.1, 0.15) is 113 Å². The number of nitrogens with zero attached hydrogens (tertiary/aromatic N) is 8.